The average Bonchev–Trinajstić information content (AvgIpc) is 2.72. The van der Waals surface area contributed by atoms with Gasteiger partial charge in [0.15, 0.2) is 18.0 Å². The fourth-order valence-electron chi connectivity index (χ4n) is 3.25. The summed E-state index contributed by atoms with van der Waals surface area (Å²) in [5.74, 6) is 2.31. The minimum Gasteiger partial charge on any atom is -0.490 e. The second-order valence-corrected chi connectivity index (χ2v) is 7.25. The number of carbonyl (C=O) groups is 1. The van der Waals surface area contributed by atoms with Crippen LogP contribution in [0.5, 0.6) is 17.2 Å². The van der Waals surface area contributed by atoms with Gasteiger partial charge in [0.2, 0.25) is 0 Å². The largest absolute Gasteiger partial charge is 0.490 e. The van der Waals surface area contributed by atoms with Gasteiger partial charge in [0, 0.05) is 5.56 Å². The zero-order valence-corrected chi connectivity index (χ0v) is 17.1. The molecule has 0 saturated heterocycles. The third kappa shape index (κ3) is 5.99. The van der Waals surface area contributed by atoms with Crippen LogP contribution in [0, 0.1) is 0 Å². The molecule has 154 valence electrons. The molecule has 0 aliphatic carbocycles. The number of quaternary nitrogens is 1. The number of rotatable bonds is 9. The molecule has 0 fully saturated rings. The number of nitrogens with one attached hydrogen (secondary N) is 2. The molecule has 1 amide bonds. The lowest BCUT2D eigenvalue weighted by Gasteiger charge is -2.21. The van der Waals surface area contributed by atoms with Crippen molar-refractivity contribution in [1.29, 1.82) is 0 Å². The van der Waals surface area contributed by atoms with E-state index in [0.29, 0.717) is 26.4 Å². The summed E-state index contributed by atoms with van der Waals surface area (Å²) in [7, 11) is 2.01. The Labute approximate surface area is 172 Å². The molecule has 0 aromatic heterocycles. The Bertz CT molecular complexity index is 835. The van der Waals surface area contributed by atoms with Gasteiger partial charge in [-0.1, -0.05) is 18.7 Å². The number of likely N-dealkylation sites (N-methyl/N-ethyl adjacent to an activating group) is 1. The van der Waals surface area contributed by atoms with Gasteiger partial charge in [-0.15, -0.1) is 0 Å². The monoisotopic (exact) mass is 397 g/mol. The van der Waals surface area contributed by atoms with Gasteiger partial charge in [-0.25, -0.2) is 0 Å². The van der Waals surface area contributed by atoms with Crippen LogP contribution >= 0.6 is 0 Å². The third-order valence-corrected chi connectivity index (χ3v) is 4.70. The summed E-state index contributed by atoms with van der Waals surface area (Å²) in [6, 6.07) is 13.6. The normalized spacial score (nSPS) is 14.6. The Morgan fingerprint density at radius 2 is 1.93 bits per heavy atom. The zero-order chi connectivity index (χ0) is 20.6. The van der Waals surface area contributed by atoms with Crippen molar-refractivity contribution < 1.29 is 23.9 Å². The maximum absolute atomic E-state index is 12.5. The quantitative estimate of drug-likeness (QED) is 0.635. The van der Waals surface area contributed by atoms with Gasteiger partial charge >= 0.3 is 0 Å². The Balaban J connectivity index is 1.48. The van der Waals surface area contributed by atoms with Gasteiger partial charge in [-0.3, -0.25) is 4.79 Å². The minimum atomic E-state index is -0.104. The molecule has 1 unspecified atom stereocenters. The van der Waals surface area contributed by atoms with Crippen LogP contribution in [0.25, 0.3) is 0 Å². The summed E-state index contributed by atoms with van der Waals surface area (Å²) in [5, 5.41) is 3.07. The maximum Gasteiger partial charge on any atom is 0.275 e. The summed E-state index contributed by atoms with van der Waals surface area (Å²) in [6.07, 6.45) is 1.72. The first-order valence-electron chi connectivity index (χ1n) is 9.88. The molecule has 3 rings (SSSR count). The van der Waals surface area contributed by atoms with E-state index in [1.165, 1.54) is 0 Å². The van der Waals surface area contributed by atoms with E-state index in [1.807, 2.05) is 56.4 Å². The topological polar surface area (TPSA) is 61.2 Å². The van der Waals surface area contributed by atoms with Crippen molar-refractivity contribution in [1.82, 2.24) is 5.32 Å². The Kier molecular flexibility index (Phi) is 7.14. The van der Waals surface area contributed by atoms with Gasteiger partial charge in [0.05, 0.1) is 13.1 Å². The van der Waals surface area contributed by atoms with Gasteiger partial charge < -0.3 is 24.4 Å². The fraction of sp³-hybridized carbons (Fsp3) is 0.348. The molecule has 0 saturated carbocycles. The van der Waals surface area contributed by atoms with Crippen molar-refractivity contribution in [2.75, 3.05) is 33.4 Å². The highest BCUT2D eigenvalue weighted by molar-refractivity contribution is 5.77. The molecule has 1 aliphatic rings. The molecule has 1 aliphatic heterocycles. The molecule has 2 aromatic rings. The molecule has 2 aromatic carbocycles. The lowest BCUT2D eigenvalue weighted by Crippen LogP contribution is -3.08. The van der Waals surface area contributed by atoms with Crippen molar-refractivity contribution in [3.05, 3.63) is 66.2 Å². The number of carbonyl (C=O) groups excluding carboxylic acids is 1. The predicted molar refractivity (Wildman–Crippen MR) is 112 cm³/mol. The van der Waals surface area contributed by atoms with Crippen molar-refractivity contribution >= 4 is 5.91 Å². The first-order chi connectivity index (χ1) is 14.0. The summed E-state index contributed by atoms with van der Waals surface area (Å²) < 4.78 is 16.7. The summed E-state index contributed by atoms with van der Waals surface area (Å²) in [5.41, 5.74) is 2.15. The number of amides is 1. The molecule has 6 heteroatoms. The van der Waals surface area contributed by atoms with Crippen molar-refractivity contribution in [3.8, 4) is 17.2 Å². The van der Waals surface area contributed by atoms with Crippen molar-refractivity contribution in [2.24, 2.45) is 0 Å². The number of fused-ring (bicyclic) bond motifs is 1. The summed E-state index contributed by atoms with van der Waals surface area (Å²) in [6.45, 7) is 8.37. The summed E-state index contributed by atoms with van der Waals surface area (Å²) >= 11 is 0. The standard InChI is InChI=1S/C23H28N2O4/c1-4-11-27-20-8-5-18(6-9-20)15-25(3)16-23(26)24-17(2)19-7-10-21-22(14-19)29-13-12-28-21/h4-10,14,17H,1,11-13,15-16H2,2-3H3,(H,24,26)/p+1/t17-/m0/s1. The number of hydrogen-bond acceptors (Lipinski definition) is 4. The SMILES string of the molecule is C=CCOc1ccc(C[NH+](C)CC(=O)N[C@@H](C)c2ccc3c(c2)OCCO3)cc1. The van der Waals surface area contributed by atoms with E-state index < -0.39 is 0 Å². The van der Waals surface area contributed by atoms with E-state index >= 15 is 0 Å². The van der Waals surface area contributed by atoms with Crippen molar-refractivity contribution in [3.63, 3.8) is 0 Å². The number of hydrogen-bond donors (Lipinski definition) is 2. The van der Waals surface area contributed by atoms with E-state index in [2.05, 4.69) is 11.9 Å². The smallest absolute Gasteiger partial charge is 0.275 e. The maximum atomic E-state index is 12.5. The van der Waals surface area contributed by atoms with Crippen LogP contribution in [0.2, 0.25) is 0 Å². The minimum absolute atomic E-state index is 0.0100. The van der Waals surface area contributed by atoms with Crippen LogP contribution in [0.3, 0.4) is 0 Å². The molecule has 0 spiro atoms. The Morgan fingerprint density at radius 3 is 2.66 bits per heavy atom. The first kappa shape index (κ1) is 20.7. The number of ether oxygens (including phenoxy) is 3. The molecule has 1 heterocycles. The zero-order valence-electron chi connectivity index (χ0n) is 17.1. The Morgan fingerprint density at radius 1 is 1.21 bits per heavy atom. The molecular formula is C23H29N2O4+. The van der Waals surface area contributed by atoms with Crippen LogP contribution < -0.4 is 24.4 Å². The van der Waals surface area contributed by atoms with E-state index in [1.54, 1.807) is 6.08 Å². The molecular weight excluding hydrogens is 368 g/mol. The third-order valence-electron chi connectivity index (χ3n) is 4.70. The predicted octanol–water partition coefficient (Wildman–Crippen LogP) is 1.91. The lowest BCUT2D eigenvalue weighted by atomic mass is 10.1. The van der Waals surface area contributed by atoms with Crippen LogP contribution in [0.15, 0.2) is 55.1 Å². The molecule has 0 bridgehead atoms. The van der Waals surface area contributed by atoms with Gasteiger partial charge in [0.1, 0.15) is 32.1 Å². The van der Waals surface area contributed by atoms with Gasteiger partial charge in [-0.2, -0.15) is 0 Å². The summed E-state index contributed by atoms with van der Waals surface area (Å²) in [4.78, 5) is 13.6. The lowest BCUT2D eigenvalue weighted by molar-refractivity contribution is -0.885. The highest BCUT2D eigenvalue weighted by Crippen LogP contribution is 2.32. The highest BCUT2D eigenvalue weighted by Gasteiger charge is 2.17. The average molecular weight is 397 g/mol. The van der Waals surface area contributed by atoms with Crippen LogP contribution in [-0.2, 0) is 11.3 Å². The van der Waals surface area contributed by atoms with Crippen LogP contribution in [0.1, 0.15) is 24.1 Å². The van der Waals surface area contributed by atoms with E-state index in [9.17, 15) is 4.79 Å². The molecule has 0 radical (unpaired) electrons. The fourth-order valence-corrected chi connectivity index (χ4v) is 3.25. The molecule has 2 atom stereocenters. The van der Waals surface area contributed by atoms with Crippen molar-refractivity contribution in [2.45, 2.75) is 19.5 Å². The Hall–Kier alpha value is -2.99. The van der Waals surface area contributed by atoms with Crippen LogP contribution in [-0.4, -0.2) is 39.3 Å². The molecule has 6 nitrogen and oxygen atoms in total. The molecule has 29 heavy (non-hydrogen) atoms. The number of benzene rings is 2. The second-order valence-electron chi connectivity index (χ2n) is 7.25. The van der Waals surface area contributed by atoms with E-state index in [0.717, 1.165) is 39.8 Å². The van der Waals surface area contributed by atoms with Gasteiger partial charge in [-0.05, 0) is 48.9 Å². The van der Waals surface area contributed by atoms with Crippen LogP contribution in [0.4, 0.5) is 0 Å². The van der Waals surface area contributed by atoms with Gasteiger partial charge in [0.25, 0.3) is 5.91 Å². The first-order valence-corrected chi connectivity index (χ1v) is 9.88. The van der Waals surface area contributed by atoms with E-state index in [-0.39, 0.29) is 11.9 Å². The second kappa shape index (κ2) is 9.98. The van der Waals surface area contributed by atoms with E-state index in [4.69, 9.17) is 14.2 Å². The molecule has 2 N–H and O–H groups in total. The highest BCUT2D eigenvalue weighted by atomic mass is 16.6.